The molecule has 31 heavy (non-hydrogen) atoms. The van der Waals surface area contributed by atoms with Crippen molar-refractivity contribution in [3.63, 3.8) is 0 Å². The number of halogens is 3. The number of aromatic nitrogens is 4. The number of para-hydroxylation sites is 1. The Hall–Kier alpha value is -3.43. The van der Waals surface area contributed by atoms with Gasteiger partial charge in [-0.3, -0.25) is 4.79 Å². The summed E-state index contributed by atoms with van der Waals surface area (Å²) in [5.41, 5.74) is 1.15. The average molecular weight is 430 g/mol. The zero-order valence-corrected chi connectivity index (χ0v) is 17.1. The summed E-state index contributed by atoms with van der Waals surface area (Å²) in [5.74, 6) is 0.140. The molecule has 10 heteroatoms. The lowest BCUT2D eigenvalue weighted by molar-refractivity contribution is -0.141. The minimum Gasteiger partial charge on any atom is -0.353 e. The Labute approximate surface area is 177 Å². The van der Waals surface area contributed by atoms with E-state index >= 15 is 0 Å². The quantitative estimate of drug-likeness (QED) is 0.638. The van der Waals surface area contributed by atoms with E-state index in [0.29, 0.717) is 31.7 Å². The van der Waals surface area contributed by atoms with Gasteiger partial charge in [0.05, 0.1) is 23.1 Å². The van der Waals surface area contributed by atoms with Crippen LogP contribution in [0.2, 0.25) is 0 Å². The SMILES string of the molecule is Cc1nc(N2CCN(C(=O)c3cnn(-c4ccccc4)c3C)CC2)cc(C(F)(F)F)n1. The van der Waals surface area contributed by atoms with Gasteiger partial charge in [-0.2, -0.15) is 18.3 Å². The number of anilines is 1. The number of carbonyl (C=O) groups is 1. The summed E-state index contributed by atoms with van der Waals surface area (Å²) in [7, 11) is 0. The number of rotatable bonds is 3. The smallest absolute Gasteiger partial charge is 0.353 e. The van der Waals surface area contributed by atoms with Crippen LogP contribution in [0.15, 0.2) is 42.6 Å². The molecule has 0 N–H and O–H groups in total. The molecule has 162 valence electrons. The maximum absolute atomic E-state index is 13.1. The molecule has 1 aliphatic heterocycles. The molecule has 1 fully saturated rings. The van der Waals surface area contributed by atoms with Crippen LogP contribution < -0.4 is 4.90 Å². The van der Waals surface area contributed by atoms with Gasteiger partial charge in [-0.05, 0) is 26.0 Å². The summed E-state index contributed by atoms with van der Waals surface area (Å²) in [4.78, 5) is 24.1. The monoisotopic (exact) mass is 430 g/mol. The van der Waals surface area contributed by atoms with Crippen molar-refractivity contribution in [2.24, 2.45) is 0 Å². The Morgan fingerprint density at radius 1 is 1.00 bits per heavy atom. The van der Waals surface area contributed by atoms with Gasteiger partial charge >= 0.3 is 6.18 Å². The first-order valence-corrected chi connectivity index (χ1v) is 9.81. The van der Waals surface area contributed by atoms with Gasteiger partial charge in [0, 0.05) is 32.2 Å². The van der Waals surface area contributed by atoms with Gasteiger partial charge in [-0.15, -0.1) is 0 Å². The summed E-state index contributed by atoms with van der Waals surface area (Å²) < 4.78 is 40.9. The number of alkyl halides is 3. The summed E-state index contributed by atoms with van der Waals surface area (Å²) in [6.07, 6.45) is -2.98. The number of hydrogen-bond acceptors (Lipinski definition) is 5. The normalized spacial score (nSPS) is 14.7. The Kier molecular flexibility index (Phi) is 5.38. The van der Waals surface area contributed by atoms with Gasteiger partial charge in [0.25, 0.3) is 5.91 Å². The Bertz CT molecular complexity index is 1090. The summed E-state index contributed by atoms with van der Waals surface area (Å²) in [6, 6.07) is 10.5. The van der Waals surface area contributed by atoms with E-state index in [1.165, 1.54) is 6.92 Å². The molecule has 0 radical (unpaired) electrons. The molecule has 0 saturated carbocycles. The molecule has 0 atom stereocenters. The molecule has 3 heterocycles. The van der Waals surface area contributed by atoms with Gasteiger partial charge in [-0.1, -0.05) is 18.2 Å². The number of amides is 1. The van der Waals surface area contributed by atoms with Crippen LogP contribution in [0.5, 0.6) is 0 Å². The fourth-order valence-corrected chi connectivity index (χ4v) is 3.62. The lowest BCUT2D eigenvalue weighted by atomic mass is 10.2. The minimum absolute atomic E-state index is 0.0623. The lowest BCUT2D eigenvalue weighted by Crippen LogP contribution is -2.49. The standard InChI is InChI=1S/C21H21F3N6O/c1-14-17(13-25-30(14)16-6-4-3-5-7-16)20(31)29-10-8-28(9-11-29)19-12-18(21(22,23)24)26-15(2)27-19/h3-7,12-13H,8-11H2,1-2H3. The Morgan fingerprint density at radius 2 is 1.68 bits per heavy atom. The zero-order chi connectivity index (χ0) is 22.2. The third-order valence-electron chi connectivity index (χ3n) is 5.25. The number of piperazine rings is 1. The van der Waals surface area contributed by atoms with Gasteiger partial charge in [0.2, 0.25) is 0 Å². The van der Waals surface area contributed by atoms with E-state index in [4.69, 9.17) is 0 Å². The van der Waals surface area contributed by atoms with Gasteiger partial charge < -0.3 is 9.80 Å². The molecule has 0 aliphatic carbocycles. The van der Waals surface area contributed by atoms with Gasteiger partial charge in [0.1, 0.15) is 17.3 Å². The topological polar surface area (TPSA) is 67.2 Å². The molecule has 1 amide bonds. The highest BCUT2D eigenvalue weighted by molar-refractivity contribution is 5.95. The van der Waals surface area contributed by atoms with E-state index in [1.54, 1.807) is 20.7 Å². The Balaban J connectivity index is 1.47. The second-order valence-corrected chi connectivity index (χ2v) is 7.33. The highest BCUT2D eigenvalue weighted by Gasteiger charge is 2.34. The molecule has 4 rings (SSSR count). The maximum atomic E-state index is 13.1. The maximum Gasteiger partial charge on any atom is 0.433 e. The van der Waals surface area contributed by atoms with Gasteiger partial charge in [-0.25, -0.2) is 14.6 Å². The van der Waals surface area contributed by atoms with Crippen LogP contribution in [0.4, 0.5) is 19.0 Å². The molecule has 7 nitrogen and oxygen atoms in total. The molecule has 3 aromatic rings. The van der Waals surface area contributed by atoms with Crippen molar-refractivity contribution in [1.82, 2.24) is 24.6 Å². The molecule has 1 aliphatic rings. The predicted molar refractivity (Wildman–Crippen MR) is 108 cm³/mol. The number of benzene rings is 1. The fraction of sp³-hybridized carbons (Fsp3) is 0.333. The van der Waals surface area contributed by atoms with E-state index in [-0.39, 0.29) is 17.5 Å². The first-order valence-electron chi connectivity index (χ1n) is 9.81. The van der Waals surface area contributed by atoms with Gasteiger partial charge in [0.15, 0.2) is 0 Å². The largest absolute Gasteiger partial charge is 0.433 e. The van der Waals surface area contributed by atoms with E-state index in [1.807, 2.05) is 37.3 Å². The van der Waals surface area contributed by atoms with Crippen LogP contribution in [-0.4, -0.2) is 56.7 Å². The molecular formula is C21H21F3N6O. The van der Waals surface area contributed by atoms with Crippen LogP contribution in [0.25, 0.3) is 5.69 Å². The highest BCUT2D eigenvalue weighted by atomic mass is 19.4. The predicted octanol–water partition coefficient (Wildman–Crippen LogP) is 3.26. The van der Waals surface area contributed by atoms with E-state index in [0.717, 1.165) is 17.4 Å². The van der Waals surface area contributed by atoms with Crippen molar-refractivity contribution in [3.05, 3.63) is 65.4 Å². The third kappa shape index (κ3) is 4.23. The minimum atomic E-state index is -4.53. The molecular weight excluding hydrogens is 409 g/mol. The van der Waals surface area contributed by atoms with Crippen LogP contribution in [0.3, 0.4) is 0 Å². The van der Waals surface area contributed by atoms with Crippen molar-refractivity contribution >= 4 is 11.7 Å². The first-order chi connectivity index (χ1) is 14.7. The number of aryl methyl sites for hydroxylation is 1. The number of hydrogen-bond donors (Lipinski definition) is 0. The molecule has 1 saturated heterocycles. The molecule has 1 aromatic carbocycles. The summed E-state index contributed by atoms with van der Waals surface area (Å²) >= 11 is 0. The van der Waals surface area contributed by atoms with E-state index in [9.17, 15) is 18.0 Å². The van der Waals surface area contributed by atoms with Crippen LogP contribution in [0.1, 0.15) is 27.6 Å². The van der Waals surface area contributed by atoms with Crippen molar-refractivity contribution in [2.45, 2.75) is 20.0 Å². The van der Waals surface area contributed by atoms with E-state index < -0.39 is 11.9 Å². The molecule has 0 spiro atoms. The third-order valence-corrected chi connectivity index (χ3v) is 5.25. The average Bonchev–Trinajstić information content (AvgIpc) is 3.14. The van der Waals surface area contributed by atoms with E-state index in [2.05, 4.69) is 15.1 Å². The van der Waals surface area contributed by atoms with Crippen LogP contribution in [0, 0.1) is 13.8 Å². The number of nitrogens with zero attached hydrogens (tertiary/aromatic N) is 6. The molecule has 0 bridgehead atoms. The van der Waals surface area contributed by atoms with Crippen LogP contribution in [-0.2, 0) is 6.18 Å². The molecule has 2 aromatic heterocycles. The summed E-state index contributed by atoms with van der Waals surface area (Å²) in [6.45, 7) is 4.78. The van der Waals surface area contributed by atoms with Crippen molar-refractivity contribution in [1.29, 1.82) is 0 Å². The highest BCUT2D eigenvalue weighted by Crippen LogP contribution is 2.30. The second kappa shape index (κ2) is 8.01. The zero-order valence-electron chi connectivity index (χ0n) is 17.1. The summed E-state index contributed by atoms with van der Waals surface area (Å²) in [5, 5.41) is 4.34. The number of carbonyl (C=O) groups excluding carboxylic acids is 1. The van der Waals surface area contributed by atoms with Crippen molar-refractivity contribution < 1.29 is 18.0 Å². The van der Waals surface area contributed by atoms with Crippen molar-refractivity contribution in [2.75, 3.05) is 31.1 Å². The first kappa shape index (κ1) is 20.8. The second-order valence-electron chi connectivity index (χ2n) is 7.33. The fourth-order valence-electron chi connectivity index (χ4n) is 3.62. The van der Waals surface area contributed by atoms with Crippen molar-refractivity contribution in [3.8, 4) is 5.69 Å². The molecule has 0 unspecified atom stereocenters. The Morgan fingerprint density at radius 3 is 2.32 bits per heavy atom. The van der Waals surface area contributed by atoms with Crippen LogP contribution >= 0.6 is 0 Å². The lowest BCUT2D eigenvalue weighted by Gasteiger charge is -2.35.